The lowest BCUT2D eigenvalue weighted by Crippen LogP contribution is -2.13. The van der Waals surface area contributed by atoms with Crippen molar-refractivity contribution in [2.24, 2.45) is 7.05 Å². The molecule has 3 aromatic heterocycles. The van der Waals surface area contributed by atoms with Gasteiger partial charge in [0.2, 0.25) is 0 Å². The first-order valence-corrected chi connectivity index (χ1v) is 11.7. The average Bonchev–Trinajstić information content (AvgIpc) is 3.56. The Morgan fingerprint density at radius 2 is 1.86 bits per heavy atom. The number of benzene rings is 2. The molecule has 8 nitrogen and oxygen atoms in total. The van der Waals surface area contributed by atoms with Gasteiger partial charge in [0.1, 0.15) is 0 Å². The number of nitrogens with one attached hydrogen (secondary N) is 1. The molecule has 0 saturated carbocycles. The summed E-state index contributed by atoms with van der Waals surface area (Å²) in [7, 11) is 1.90. The highest BCUT2D eigenvalue weighted by Gasteiger charge is 2.21. The highest BCUT2D eigenvalue weighted by molar-refractivity contribution is 5.92. The van der Waals surface area contributed by atoms with E-state index in [1.54, 1.807) is 4.68 Å². The van der Waals surface area contributed by atoms with Crippen molar-refractivity contribution < 1.29 is 0 Å². The van der Waals surface area contributed by atoms with Crippen LogP contribution < -0.4 is 5.32 Å². The Kier molecular flexibility index (Phi) is 5.61. The number of anilines is 1. The predicted molar refractivity (Wildman–Crippen MR) is 138 cm³/mol. The van der Waals surface area contributed by atoms with Crippen LogP contribution in [-0.2, 0) is 7.05 Å². The van der Waals surface area contributed by atoms with Crippen LogP contribution in [0.25, 0.3) is 33.5 Å². The van der Waals surface area contributed by atoms with Crippen LogP contribution in [0.15, 0.2) is 61.3 Å². The highest BCUT2D eigenvalue weighted by atomic mass is 15.3. The second-order valence-electron chi connectivity index (χ2n) is 9.33. The summed E-state index contributed by atoms with van der Waals surface area (Å²) in [5.74, 6) is 0.209. The van der Waals surface area contributed by atoms with Crippen LogP contribution in [0, 0.1) is 11.3 Å². The molecule has 0 amide bonds. The molecule has 0 fully saturated rings. The van der Waals surface area contributed by atoms with Crippen molar-refractivity contribution in [3.05, 3.63) is 72.6 Å². The minimum absolute atomic E-state index is 0.209. The maximum Gasteiger partial charge on any atom is 0.0999 e. The normalized spacial score (nSPS) is 11.5. The Morgan fingerprint density at radius 1 is 1.03 bits per heavy atom. The SMILES string of the molecule is CC(C)Nc1cc(C#N)ccc1-n1nc(C(C)C)c2c(-n3cnc(-c4cnn(C)c4)c3)cccc21. The predicted octanol–water partition coefficient (Wildman–Crippen LogP) is 5.43. The molecule has 0 spiro atoms. The lowest BCUT2D eigenvalue weighted by molar-refractivity contribution is 0.768. The van der Waals surface area contributed by atoms with Gasteiger partial charge in [-0.05, 0) is 50.1 Å². The second kappa shape index (κ2) is 8.76. The fraction of sp³-hybridized carbons (Fsp3) is 0.259. The van der Waals surface area contributed by atoms with Gasteiger partial charge in [-0.2, -0.15) is 15.5 Å². The molecule has 5 aromatic rings. The minimum atomic E-state index is 0.209. The average molecular weight is 465 g/mol. The summed E-state index contributed by atoms with van der Waals surface area (Å²) in [6, 6.07) is 14.4. The lowest BCUT2D eigenvalue weighted by Gasteiger charge is -2.16. The zero-order valence-corrected chi connectivity index (χ0v) is 20.6. The Bertz CT molecular complexity index is 1560. The molecular formula is C27H28N8. The van der Waals surface area contributed by atoms with Crippen molar-refractivity contribution in [1.82, 2.24) is 29.1 Å². The van der Waals surface area contributed by atoms with E-state index in [1.165, 1.54) is 0 Å². The Morgan fingerprint density at radius 3 is 2.54 bits per heavy atom. The van der Waals surface area contributed by atoms with Crippen molar-refractivity contribution in [2.75, 3.05) is 5.32 Å². The number of imidazole rings is 1. The quantitative estimate of drug-likeness (QED) is 0.362. The molecule has 35 heavy (non-hydrogen) atoms. The molecule has 0 aliphatic rings. The first kappa shape index (κ1) is 22.4. The molecule has 8 heteroatoms. The number of aromatic nitrogens is 6. The van der Waals surface area contributed by atoms with Gasteiger partial charge in [0.15, 0.2) is 0 Å². The van der Waals surface area contributed by atoms with E-state index in [9.17, 15) is 5.26 Å². The van der Waals surface area contributed by atoms with Gasteiger partial charge >= 0.3 is 0 Å². The van der Waals surface area contributed by atoms with E-state index in [0.29, 0.717) is 5.56 Å². The number of nitrogens with zero attached hydrogens (tertiary/aromatic N) is 7. The smallest absolute Gasteiger partial charge is 0.0999 e. The van der Waals surface area contributed by atoms with Crippen molar-refractivity contribution in [2.45, 2.75) is 39.7 Å². The monoisotopic (exact) mass is 464 g/mol. The van der Waals surface area contributed by atoms with Crippen molar-refractivity contribution in [1.29, 1.82) is 5.26 Å². The van der Waals surface area contributed by atoms with Crippen LogP contribution in [0.4, 0.5) is 5.69 Å². The second-order valence-corrected chi connectivity index (χ2v) is 9.33. The Hall–Kier alpha value is -4.38. The number of hydrogen-bond acceptors (Lipinski definition) is 5. The van der Waals surface area contributed by atoms with Crippen LogP contribution in [0.3, 0.4) is 0 Å². The van der Waals surface area contributed by atoms with Crippen LogP contribution >= 0.6 is 0 Å². The first-order chi connectivity index (χ1) is 16.9. The van der Waals surface area contributed by atoms with Gasteiger partial charge < -0.3 is 9.88 Å². The Labute approximate surface area is 204 Å². The van der Waals surface area contributed by atoms with Gasteiger partial charge in [-0.25, -0.2) is 9.67 Å². The van der Waals surface area contributed by atoms with Gasteiger partial charge in [-0.3, -0.25) is 4.68 Å². The van der Waals surface area contributed by atoms with E-state index in [1.807, 2.05) is 60.9 Å². The molecule has 0 aliphatic carbocycles. The first-order valence-electron chi connectivity index (χ1n) is 11.7. The summed E-state index contributed by atoms with van der Waals surface area (Å²) in [6.45, 7) is 8.48. The van der Waals surface area contributed by atoms with Crippen LogP contribution in [0.1, 0.15) is 44.9 Å². The molecule has 5 rings (SSSR count). The maximum atomic E-state index is 9.44. The van der Waals surface area contributed by atoms with Crippen molar-refractivity contribution in [3.63, 3.8) is 0 Å². The molecule has 0 saturated heterocycles. The third kappa shape index (κ3) is 4.06. The van der Waals surface area contributed by atoms with E-state index in [4.69, 9.17) is 5.10 Å². The molecule has 0 aliphatic heterocycles. The van der Waals surface area contributed by atoms with Gasteiger partial charge in [-0.15, -0.1) is 0 Å². The number of rotatable bonds is 6. The lowest BCUT2D eigenvalue weighted by atomic mass is 10.0. The van der Waals surface area contributed by atoms with E-state index in [2.05, 4.69) is 65.9 Å². The van der Waals surface area contributed by atoms with E-state index in [-0.39, 0.29) is 12.0 Å². The van der Waals surface area contributed by atoms with E-state index in [0.717, 1.165) is 44.9 Å². The fourth-order valence-corrected chi connectivity index (χ4v) is 4.36. The molecule has 176 valence electrons. The van der Waals surface area contributed by atoms with Crippen LogP contribution in [0.5, 0.6) is 0 Å². The van der Waals surface area contributed by atoms with E-state index < -0.39 is 0 Å². The summed E-state index contributed by atoms with van der Waals surface area (Å²) in [5, 5.41) is 23.4. The summed E-state index contributed by atoms with van der Waals surface area (Å²) in [5.41, 5.74) is 7.27. The van der Waals surface area contributed by atoms with Gasteiger partial charge in [0, 0.05) is 36.4 Å². The summed E-state index contributed by atoms with van der Waals surface area (Å²) in [6.07, 6.45) is 7.64. The molecule has 0 unspecified atom stereocenters. The largest absolute Gasteiger partial charge is 0.381 e. The molecular weight excluding hydrogens is 436 g/mol. The Balaban J connectivity index is 1.71. The molecule has 0 bridgehead atoms. The summed E-state index contributed by atoms with van der Waals surface area (Å²) in [4.78, 5) is 4.63. The summed E-state index contributed by atoms with van der Waals surface area (Å²) < 4.78 is 5.81. The summed E-state index contributed by atoms with van der Waals surface area (Å²) >= 11 is 0. The van der Waals surface area contributed by atoms with Crippen molar-refractivity contribution in [3.8, 4) is 28.7 Å². The number of aryl methyl sites for hydroxylation is 1. The van der Waals surface area contributed by atoms with Crippen molar-refractivity contribution >= 4 is 16.6 Å². The minimum Gasteiger partial charge on any atom is -0.381 e. The standard InChI is InChI=1S/C27H28N8/c1-17(2)27-26-24(34-15-22(29-16-34)20-13-30-33(5)14-20)7-6-8-25(26)35(32-27)23-10-9-19(12-28)11-21(23)31-18(3)4/h6-11,13-18,31H,1-5H3. The number of nitriles is 1. The molecule has 0 atom stereocenters. The molecule has 3 heterocycles. The molecule has 0 radical (unpaired) electrons. The zero-order valence-electron chi connectivity index (χ0n) is 20.6. The van der Waals surface area contributed by atoms with Crippen LogP contribution in [-0.4, -0.2) is 35.2 Å². The van der Waals surface area contributed by atoms with Gasteiger partial charge in [-0.1, -0.05) is 19.9 Å². The maximum absolute atomic E-state index is 9.44. The third-order valence-corrected chi connectivity index (χ3v) is 5.92. The molecule has 2 aromatic carbocycles. The zero-order chi connectivity index (χ0) is 24.7. The number of fused-ring (bicyclic) bond motifs is 1. The molecule has 1 N–H and O–H groups in total. The fourth-order valence-electron chi connectivity index (χ4n) is 4.36. The van der Waals surface area contributed by atoms with Gasteiger partial charge in [0.25, 0.3) is 0 Å². The van der Waals surface area contributed by atoms with Gasteiger partial charge in [0.05, 0.1) is 58.1 Å². The topological polar surface area (TPSA) is 89.3 Å². The third-order valence-electron chi connectivity index (χ3n) is 5.92. The number of hydrogen-bond donors (Lipinski definition) is 1. The van der Waals surface area contributed by atoms with E-state index >= 15 is 0 Å². The van der Waals surface area contributed by atoms with Crippen LogP contribution in [0.2, 0.25) is 0 Å². The highest BCUT2D eigenvalue weighted by Crippen LogP contribution is 2.34.